The highest BCUT2D eigenvalue weighted by Crippen LogP contribution is 2.52. The van der Waals surface area contributed by atoms with Crippen molar-refractivity contribution < 1.29 is 50.9 Å². The molecule has 2 rings (SSSR count). The maximum Gasteiger partial charge on any atom is 0.474 e. The molecule has 0 spiro atoms. The van der Waals surface area contributed by atoms with Crippen LogP contribution in [-0.4, -0.2) is 71.3 Å². The molecule has 2 heterocycles. The lowest BCUT2D eigenvalue weighted by molar-refractivity contribution is -0.228. The first-order valence-electron chi connectivity index (χ1n) is 9.51. The molecule has 2 aliphatic heterocycles. The van der Waals surface area contributed by atoms with E-state index in [-0.39, 0.29) is 19.6 Å². The Hall–Kier alpha value is -0.360. The SMILES string of the molecule is C=CN[C@H]1CC(OP(=O)([O-])OC)[C@@H](COP(=O)(OC)OC2CCO[C@@H]2COCC)O1. The molecule has 0 aliphatic carbocycles. The predicted molar refractivity (Wildman–Crippen MR) is 102 cm³/mol. The van der Waals surface area contributed by atoms with Crippen molar-refractivity contribution in [3.8, 4) is 0 Å². The molecule has 7 atom stereocenters. The lowest BCUT2D eigenvalue weighted by atomic mass is 10.2. The molecular weight excluding hydrogens is 444 g/mol. The number of rotatable bonds is 14. The smallest absolute Gasteiger partial charge is 0.474 e. The third-order valence-electron chi connectivity index (χ3n) is 4.51. The molecular formula is C16H30NO11P2-. The second kappa shape index (κ2) is 12.0. The molecule has 0 aromatic heterocycles. The van der Waals surface area contributed by atoms with Crippen LogP contribution in [0.4, 0.5) is 0 Å². The quantitative estimate of drug-likeness (QED) is 0.363. The van der Waals surface area contributed by atoms with Gasteiger partial charge in [0.15, 0.2) is 0 Å². The maximum atomic E-state index is 12.9. The van der Waals surface area contributed by atoms with Crippen LogP contribution in [0.1, 0.15) is 19.8 Å². The molecule has 30 heavy (non-hydrogen) atoms. The minimum atomic E-state index is -4.52. The molecule has 0 amide bonds. The van der Waals surface area contributed by atoms with E-state index in [0.29, 0.717) is 19.6 Å². The third-order valence-corrected chi connectivity index (χ3v) is 6.93. The highest BCUT2D eigenvalue weighted by atomic mass is 31.2. The van der Waals surface area contributed by atoms with Gasteiger partial charge in [-0.2, -0.15) is 0 Å². The molecule has 14 heteroatoms. The Kier molecular flexibility index (Phi) is 10.4. The van der Waals surface area contributed by atoms with Crippen molar-refractivity contribution >= 4 is 15.6 Å². The Bertz CT molecular complexity index is 636. The van der Waals surface area contributed by atoms with Gasteiger partial charge in [-0.1, -0.05) is 6.58 Å². The van der Waals surface area contributed by atoms with Crippen LogP contribution in [0.25, 0.3) is 0 Å². The summed E-state index contributed by atoms with van der Waals surface area (Å²) in [5, 5.41) is 2.82. The molecule has 0 radical (unpaired) electrons. The van der Waals surface area contributed by atoms with Gasteiger partial charge in [0.25, 0.3) is 7.82 Å². The average Bonchev–Trinajstić information content (AvgIpc) is 3.31. The topological polar surface area (TPSA) is 143 Å². The number of hydrogen-bond donors (Lipinski definition) is 1. The zero-order valence-electron chi connectivity index (χ0n) is 17.3. The molecule has 2 fully saturated rings. The van der Waals surface area contributed by atoms with Gasteiger partial charge in [0.2, 0.25) is 0 Å². The summed E-state index contributed by atoms with van der Waals surface area (Å²) in [6.07, 6.45) is -1.25. The Balaban J connectivity index is 1.98. The van der Waals surface area contributed by atoms with Gasteiger partial charge in [0.1, 0.15) is 24.5 Å². The van der Waals surface area contributed by atoms with E-state index in [4.69, 9.17) is 32.3 Å². The van der Waals surface area contributed by atoms with Crippen LogP contribution in [0.3, 0.4) is 0 Å². The molecule has 0 aromatic carbocycles. The van der Waals surface area contributed by atoms with Crippen LogP contribution in [-0.2, 0) is 46.0 Å². The fourth-order valence-electron chi connectivity index (χ4n) is 3.02. The van der Waals surface area contributed by atoms with Crippen LogP contribution < -0.4 is 10.2 Å². The van der Waals surface area contributed by atoms with E-state index in [2.05, 4.69) is 16.4 Å². The van der Waals surface area contributed by atoms with E-state index in [1.165, 1.54) is 13.3 Å². The number of phosphoric ester groups is 2. The highest BCUT2D eigenvalue weighted by molar-refractivity contribution is 7.48. The van der Waals surface area contributed by atoms with E-state index in [1.54, 1.807) is 0 Å². The fraction of sp³-hybridized carbons (Fsp3) is 0.875. The third kappa shape index (κ3) is 7.65. The van der Waals surface area contributed by atoms with E-state index < -0.39 is 46.3 Å². The molecule has 176 valence electrons. The lowest BCUT2D eigenvalue weighted by Crippen LogP contribution is -2.31. The molecule has 0 aromatic rings. The molecule has 0 bridgehead atoms. The minimum absolute atomic E-state index is 0.167. The Morgan fingerprint density at radius 1 is 1.17 bits per heavy atom. The zero-order chi connectivity index (χ0) is 22.2. The van der Waals surface area contributed by atoms with Crippen LogP contribution >= 0.6 is 15.6 Å². The van der Waals surface area contributed by atoms with Gasteiger partial charge in [0.05, 0.1) is 19.3 Å². The first kappa shape index (κ1) is 25.9. The van der Waals surface area contributed by atoms with Crippen molar-refractivity contribution in [2.45, 2.75) is 50.4 Å². The standard InChI is InChI=1S/C16H31NO11P2/c1-5-17-16-9-13(27-29(18,19)21-3)15(26-16)11-25-30(20,22-4)28-12-7-8-24-14(12)10-23-6-2/h5,12-17H,1,6-11H2,2-4H3,(H,18,19)/p-1/t12?,13?,14-,15-,16-,30?/m1/s1. The fourth-order valence-corrected chi connectivity index (χ4v) is 4.81. The second-order valence-electron chi connectivity index (χ2n) is 6.47. The second-order valence-corrected chi connectivity index (χ2v) is 9.67. The van der Waals surface area contributed by atoms with Crippen molar-refractivity contribution in [3.05, 3.63) is 12.8 Å². The zero-order valence-corrected chi connectivity index (χ0v) is 19.1. The van der Waals surface area contributed by atoms with Crippen molar-refractivity contribution in [1.82, 2.24) is 5.32 Å². The molecule has 2 saturated heterocycles. The lowest BCUT2D eigenvalue weighted by Gasteiger charge is -2.28. The normalized spacial score (nSPS) is 33.1. The summed E-state index contributed by atoms with van der Waals surface area (Å²) in [7, 11) is -6.32. The summed E-state index contributed by atoms with van der Waals surface area (Å²) in [5.41, 5.74) is 0. The van der Waals surface area contributed by atoms with Gasteiger partial charge in [0, 0.05) is 40.3 Å². The van der Waals surface area contributed by atoms with E-state index in [9.17, 15) is 14.0 Å². The van der Waals surface area contributed by atoms with Crippen LogP contribution in [0, 0.1) is 0 Å². The monoisotopic (exact) mass is 474 g/mol. The van der Waals surface area contributed by atoms with Gasteiger partial charge < -0.3 is 33.5 Å². The number of phosphoric acid groups is 2. The molecule has 12 nitrogen and oxygen atoms in total. The van der Waals surface area contributed by atoms with Crippen molar-refractivity contribution in [2.24, 2.45) is 0 Å². The van der Waals surface area contributed by atoms with Gasteiger partial charge in [-0.05, 0) is 13.1 Å². The summed E-state index contributed by atoms with van der Waals surface area (Å²) in [4.78, 5) is 11.7. The maximum absolute atomic E-state index is 12.9. The molecule has 0 saturated carbocycles. The van der Waals surface area contributed by atoms with Crippen molar-refractivity contribution in [2.75, 3.05) is 40.6 Å². The van der Waals surface area contributed by atoms with E-state index in [1.807, 2.05) is 6.92 Å². The molecule has 2 aliphatic rings. The summed E-state index contributed by atoms with van der Waals surface area (Å²) < 4.78 is 66.5. The van der Waals surface area contributed by atoms with E-state index >= 15 is 0 Å². The summed E-state index contributed by atoms with van der Waals surface area (Å²) in [6, 6.07) is 0. The van der Waals surface area contributed by atoms with Crippen molar-refractivity contribution in [3.63, 3.8) is 0 Å². The Labute approximate surface area is 176 Å². The van der Waals surface area contributed by atoms with Crippen LogP contribution in [0.5, 0.6) is 0 Å². The minimum Gasteiger partial charge on any atom is -0.756 e. The number of hydrogen-bond acceptors (Lipinski definition) is 12. The van der Waals surface area contributed by atoms with E-state index in [0.717, 1.165) is 7.11 Å². The van der Waals surface area contributed by atoms with Gasteiger partial charge in [-0.15, -0.1) is 0 Å². The van der Waals surface area contributed by atoms with Gasteiger partial charge >= 0.3 is 7.82 Å². The largest absolute Gasteiger partial charge is 0.756 e. The summed E-state index contributed by atoms with van der Waals surface area (Å²) in [6.45, 7) is 6.31. The summed E-state index contributed by atoms with van der Waals surface area (Å²) >= 11 is 0. The first-order chi connectivity index (χ1) is 14.3. The Morgan fingerprint density at radius 3 is 2.57 bits per heavy atom. The number of nitrogens with one attached hydrogen (secondary N) is 1. The predicted octanol–water partition coefficient (Wildman–Crippen LogP) is 1.32. The average molecular weight is 474 g/mol. The molecule has 4 unspecified atom stereocenters. The Morgan fingerprint density at radius 2 is 1.93 bits per heavy atom. The van der Waals surface area contributed by atoms with Gasteiger partial charge in [-0.25, -0.2) is 4.57 Å². The molecule has 1 N–H and O–H groups in total. The number of ether oxygens (including phenoxy) is 3. The summed E-state index contributed by atoms with van der Waals surface area (Å²) in [5.74, 6) is 0. The van der Waals surface area contributed by atoms with Crippen molar-refractivity contribution in [1.29, 1.82) is 0 Å². The van der Waals surface area contributed by atoms with Crippen LogP contribution in [0.15, 0.2) is 12.8 Å². The van der Waals surface area contributed by atoms with Gasteiger partial charge in [-0.3, -0.25) is 18.1 Å². The highest BCUT2D eigenvalue weighted by Gasteiger charge is 2.42. The van der Waals surface area contributed by atoms with Crippen LogP contribution in [0.2, 0.25) is 0 Å². The first-order valence-corrected chi connectivity index (χ1v) is 12.4.